The maximum atomic E-state index is 3.62. The van der Waals surface area contributed by atoms with Crippen molar-refractivity contribution in [3.8, 4) is 0 Å². The highest BCUT2D eigenvalue weighted by Gasteiger charge is 2.20. The first-order valence-corrected chi connectivity index (χ1v) is 6.84. The Hall–Kier alpha value is -0.340. The van der Waals surface area contributed by atoms with Crippen molar-refractivity contribution in [3.63, 3.8) is 0 Å². The van der Waals surface area contributed by atoms with Crippen molar-refractivity contribution in [3.05, 3.63) is 21.9 Å². The second kappa shape index (κ2) is 5.13. The monoisotopic (exact) mass is 223 g/mol. The Balaban J connectivity index is 1.64. The first-order chi connectivity index (χ1) is 7.24. The molecule has 15 heavy (non-hydrogen) atoms. The van der Waals surface area contributed by atoms with Crippen molar-refractivity contribution >= 4 is 11.3 Å². The molecule has 1 aliphatic carbocycles. The lowest BCUT2D eigenvalue weighted by atomic mass is 10.2. The fraction of sp³-hybridized carbons (Fsp3) is 0.692. The molecule has 1 saturated carbocycles. The van der Waals surface area contributed by atoms with E-state index in [0.29, 0.717) is 6.04 Å². The van der Waals surface area contributed by atoms with Gasteiger partial charge in [-0.15, -0.1) is 11.3 Å². The minimum absolute atomic E-state index is 0.627. The summed E-state index contributed by atoms with van der Waals surface area (Å²) in [5.74, 6) is 1.05. The van der Waals surface area contributed by atoms with Crippen LogP contribution < -0.4 is 5.32 Å². The Morgan fingerprint density at radius 2 is 2.27 bits per heavy atom. The van der Waals surface area contributed by atoms with Gasteiger partial charge in [-0.2, -0.15) is 0 Å². The molecule has 1 unspecified atom stereocenters. The minimum Gasteiger partial charge on any atom is -0.314 e. The molecule has 0 spiro atoms. The van der Waals surface area contributed by atoms with Gasteiger partial charge in [-0.05, 0) is 51.3 Å². The molecule has 0 bridgehead atoms. The molecular weight excluding hydrogens is 202 g/mol. The summed E-state index contributed by atoms with van der Waals surface area (Å²) in [6.07, 6.45) is 5.51. The molecule has 2 rings (SSSR count). The van der Waals surface area contributed by atoms with E-state index >= 15 is 0 Å². The van der Waals surface area contributed by atoms with Crippen molar-refractivity contribution in [1.82, 2.24) is 5.32 Å². The van der Waals surface area contributed by atoms with Crippen LogP contribution in [-0.2, 0) is 6.42 Å². The lowest BCUT2D eigenvalue weighted by molar-refractivity contribution is 0.522. The summed E-state index contributed by atoms with van der Waals surface area (Å²) in [5, 5.41) is 3.62. The summed E-state index contributed by atoms with van der Waals surface area (Å²) < 4.78 is 0. The molecule has 1 aliphatic rings. The van der Waals surface area contributed by atoms with E-state index in [2.05, 4.69) is 31.3 Å². The topological polar surface area (TPSA) is 12.0 Å². The summed E-state index contributed by atoms with van der Waals surface area (Å²) in [6, 6.07) is 5.11. The average Bonchev–Trinajstić information content (AvgIpc) is 2.91. The van der Waals surface area contributed by atoms with Crippen LogP contribution >= 0.6 is 11.3 Å². The summed E-state index contributed by atoms with van der Waals surface area (Å²) in [4.78, 5) is 2.94. The Morgan fingerprint density at radius 1 is 1.47 bits per heavy atom. The largest absolute Gasteiger partial charge is 0.314 e. The molecule has 2 heteroatoms. The molecule has 0 radical (unpaired) electrons. The molecule has 1 nitrogen and oxygen atoms in total. The first kappa shape index (κ1) is 11.2. The predicted octanol–water partition coefficient (Wildman–Crippen LogP) is 3.38. The lowest BCUT2D eigenvalue weighted by Gasteiger charge is -2.12. The third-order valence-electron chi connectivity index (χ3n) is 3.05. The van der Waals surface area contributed by atoms with Gasteiger partial charge in [0.15, 0.2) is 0 Å². The fourth-order valence-corrected chi connectivity index (χ4v) is 2.93. The molecule has 1 heterocycles. The van der Waals surface area contributed by atoms with E-state index in [1.807, 2.05) is 11.3 Å². The highest BCUT2D eigenvalue weighted by atomic mass is 32.1. The smallest absolute Gasteiger partial charge is 0.00870 e. The molecule has 1 aromatic rings. The average molecular weight is 223 g/mol. The molecule has 1 aromatic heterocycles. The Bertz CT molecular complexity index is 301. The SMILES string of the molecule is Cc1ccc(CC(C)NCCC2CC2)s1. The molecular formula is C13H21NS. The summed E-state index contributed by atoms with van der Waals surface area (Å²) >= 11 is 1.93. The van der Waals surface area contributed by atoms with Crippen LogP contribution in [0, 0.1) is 12.8 Å². The standard InChI is InChI=1S/C13H21NS/c1-10(14-8-7-12-4-5-12)9-13-6-3-11(2)15-13/h3,6,10,12,14H,4-5,7-9H2,1-2H3. The van der Waals surface area contributed by atoms with E-state index in [9.17, 15) is 0 Å². The second-order valence-electron chi connectivity index (χ2n) is 4.80. The third kappa shape index (κ3) is 3.96. The van der Waals surface area contributed by atoms with Gasteiger partial charge in [-0.3, -0.25) is 0 Å². The van der Waals surface area contributed by atoms with Crippen LogP contribution in [0.2, 0.25) is 0 Å². The molecule has 1 atom stereocenters. The van der Waals surface area contributed by atoms with Crippen molar-refractivity contribution in [1.29, 1.82) is 0 Å². The predicted molar refractivity (Wildman–Crippen MR) is 67.6 cm³/mol. The number of nitrogens with one attached hydrogen (secondary N) is 1. The van der Waals surface area contributed by atoms with Gasteiger partial charge >= 0.3 is 0 Å². The zero-order valence-electron chi connectivity index (χ0n) is 9.75. The quantitative estimate of drug-likeness (QED) is 0.779. The van der Waals surface area contributed by atoms with E-state index in [-0.39, 0.29) is 0 Å². The minimum atomic E-state index is 0.627. The molecule has 0 aliphatic heterocycles. The molecule has 84 valence electrons. The van der Waals surface area contributed by atoms with Crippen LogP contribution in [-0.4, -0.2) is 12.6 Å². The van der Waals surface area contributed by atoms with Crippen LogP contribution in [0.3, 0.4) is 0 Å². The van der Waals surface area contributed by atoms with Crippen molar-refractivity contribution in [2.75, 3.05) is 6.54 Å². The molecule has 0 aromatic carbocycles. The first-order valence-electron chi connectivity index (χ1n) is 6.03. The lowest BCUT2D eigenvalue weighted by Crippen LogP contribution is -2.28. The maximum absolute atomic E-state index is 3.62. The van der Waals surface area contributed by atoms with E-state index in [4.69, 9.17) is 0 Å². The zero-order valence-corrected chi connectivity index (χ0v) is 10.6. The number of thiophene rings is 1. The number of aryl methyl sites for hydroxylation is 1. The van der Waals surface area contributed by atoms with Crippen molar-refractivity contribution in [2.45, 2.75) is 45.6 Å². The highest BCUT2D eigenvalue weighted by Crippen LogP contribution is 2.31. The summed E-state index contributed by atoms with van der Waals surface area (Å²) in [6.45, 7) is 5.68. The van der Waals surface area contributed by atoms with Gasteiger partial charge in [0.1, 0.15) is 0 Å². The maximum Gasteiger partial charge on any atom is 0.00870 e. The normalized spacial score (nSPS) is 18.0. The second-order valence-corrected chi connectivity index (χ2v) is 6.18. The summed E-state index contributed by atoms with van der Waals surface area (Å²) in [5.41, 5.74) is 0. The van der Waals surface area contributed by atoms with Gasteiger partial charge in [-0.1, -0.05) is 12.8 Å². The van der Waals surface area contributed by atoms with Gasteiger partial charge in [0.2, 0.25) is 0 Å². The van der Waals surface area contributed by atoms with Crippen LogP contribution in [0.1, 0.15) is 35.9 Å². The van der Waals surface area contributed by atoms with E-state index in [1.165, 1.54) is 42.0 Å². The van der Waals surface area contributed by atoms with Crippen molar-refractivity contribution < 1.29 is 0 Å². The molecule has 0 saturated heterocycles. The number of hydrogen-bond donors (Lipinski definition) is 1. The van der Waals surface area contributed by atoms with Gasteiger partial charge in [0.05, 0.1) is 0 Å². The van der Waals surface area contributed by atoms with Crippen LogP contribution in [0.15, 0.2) is 12.1 Å². The van der Waals surface area contributed by atoms with Crippen LogP contribution in [0.5, 0.6) is 0 Å². The number of rotatable bonds is 6. The van der Waals surface area contributed by atoms with Crippen LogP contribution in [0.4, 0.5) is 0 Å². The fourth-order valence-electron chi connectivity index (χ4n) is 1.91. The van der Waals surface area contributed by atoms with Crippen LogP contribution in [0.25, 0.3) is 0 Å². The zero-order chi connectivity index (χ0) is 10.7. The molecule has 1 fully saturated rings. The van der Waals surface area contributed by atoms with E-state index in [1.54, 1.807) is 0 Å². The summed E-state index contributed by atoms with van der Waals surface area (Å²) in [7, 11) is 0. The highest BCUT2D eigenvalue weighted by molar-refractivity contribution is 7.11. The van der Waals surface area contributed by atoms with Gasteiger partial charge in [0.25, 0.3) is 0 Å². The van der Waals surface area contributed by atoms with Gasteiger partial charge < -0.3 is 5.32 Å². The number of hydrogen-bond acceptors (Lipinski definition) is 2. The van der Waals surface area contributed by atoms with E-state index in [0.717, 1.165) is 5.92 Å². The molecule has 1 N–H and O–H groups in total. The van der Waals surface area contributed by atoms with Gasteiger partial charge in [-0.25, -0.2) is 0 Å². The third-order valence-corrected chi connectivity index (χ3v) is 4.07. The molecule has 0 amide bonds. The van der Waals surface area contributed by atoms with E-state index < -0.39 is 0 Å². The van der Waals surface area contributed by atoms with Gasteiger partial charge in [0, 0.05) is 15.8 Å². The Labute approximate surface area is 96.9 Å². The Morgan fingerprint density at radius 3 is 2.87 bits per heavy atom. The van der Waals surface area contributed by atoms with Crippen molar-refractivity contribution in [2.24, 2.45) is 5.92 Å². The Kier molecular flexibility index (Phi) is 3.81.